The van der Waals surface area contributed by atoms with Gasteiger partial charge in [-0.2, -0.15) is 0 Å². The fraction of sp³-hybridized carbons (Fsp3) is 0.227. The van der Waals surface area contributed by atoms with E-state index in [4.69, 9.17) is 5.73 Å². The van der Waals surface area contributed by atoms with E-state index in [-0.39, 0.29) is 36.4 Å². The van der Waals surface area contributed by atoms with Crippen molar-refractivity contribution >= 4 is 28.5 Å². The average molecular weight is 425 g/mol. The number of halogens is 1. The fourth-order valence-electron chi connectivity index (χ4n) is 3.16. The number of benzene rings is 2. The molecule has 0 aliphatic heterocycles. The summed E-state index contributed by atoms with van der Waals surface area (Å²) >= 11 is 0. The second-order valence-corrected chi connectivity index (χ2v) is 6.92. The van der Waals surface area contributed by atoms with Crippen LogP contribution in [0.4, 0.5) is 15.0 Å². The van der Waals surface area contributed by atoms with Crippen LogP contribution in [-0.4, -0.2) is 47.8 Å². The summed E-state index contributed by atoms with van der Waals surface area (Å²) in [5, 5.41) is 18.5. The van der Waals surface area contributed by atoms with Crippen LogP contribution in [-0.2, 0) is 0 Å². The number of hydrogen-bond donors (Lipinski definition) is 5. The zero-order valence-corrected chi connectivity index (χ0v) is 17.0. The number of pyridine rings is 1. The molecule has 8 nitrogen and oxygen atoms in total. The number of carbonyl (C=O) groups is 2. The van der Waals surface area contributed by atoms with E-state index >= 15 is 0 Å². The Labute approximate surface area is 178 Å². The molecular formula is C22H24FN5O3. The number of fused-ring (bicyclic) bond motifs is 1. The topological polar surface area (TPSA) is 129 Å². The number of aromatic nitrogens is 1. The molecular weight excluding hydrogens is 401 g/mol. The Morgan fingerprint density at radius 3 is 2.61 bits per heavy atom. The minimum Gasteiger partial charge on any atom is -0.394 e. The number of rotatable bonds is 7. The lowest BCUT2D eigenvalue weighted by molar-refractivity contribution is 0.0917. The minimum atomic E-state index is -0.686. The van der Waals surface area contributed by atoms with Gasteiger partial charge in [-0.1, -0.05) is 24.3 Å². The molecule has 1 unspecified atom stereocenters. The van der Waals surface area contributed by atoms with Crippen molar-refractivity contribution in [3.63, 3.8) is 0 Å². The highest BCUT2D eigenvalue weighted by Gasteiger charge is 2.18. The number of nitrogens with one attached hydrogen (secondary N) is 3. The van der Waals surface area contributed by atoms with Crippen LogP contribution < -0.4 is 21.7 Å². The molecule has 0 aliphatic rings. The molecule has 9 heteroatoms. The number of aliphatic hydroxyl groups excluding tert-OH is 1. The molecule has 0 bridgehead atoms. The highest BCUT2D eigenvalue weighted by molar-refractivity contribution is 6.09. The number of urea groups is 1. The van der Waals surface area contributed by atoms with Crippen molar-refractivity contribution in [1.29, 1.82) is 0 Å². The van der Waals surface area contributed by atoms with Gasteiger partial charge in [0, 0.05) is 24.7 Å². The van der Waals surface area contributed by atoms with Crippen molar-refractivity contribution in [1.82, 2.24) is 20.9 Å². The van der Waals surface area contributed by atoms with Crippen LogP contribution in [0.2, 0.25) is 0 Å². The lowest BCUT2D eigenvalue weighted by Crippen LogP contribution is -2.48. The largest absolute Gasteiger partial charge is 0.394 e. The maximum Gasteiger partial charge on any atom is 0.314 e. The maximum absolute atomic E-state index is 13.6. The first kappa shape index (κ1) is 22.0. The molecule has 0 aliphatic carbocycles. The van der Waals surface area contributed by atoms with Gasteiger partial charge in [0.15, 0.2) is 0 Å². The summed E-state index contributed by atoms with van der Waals surface area (Å²) in [6.45, 7) is 1.94. The molecule has 0 spiro atoms. The van der Waals surface area contributed by atoms with Crippen LogP contribution in [0, 0.1) is 5.82 Å². The Morgan fingerprint density at radius 2 is 1.90 bits per heavy atom. The van der Waals surface area contributed by atoms with Gasteiger partial charge < -0.3 is 26.8 Å². The Balaban J connectivity index is 1.85. The van der Waals surface area contributed by atoms with Crippen molar-refractivity contribution in [3.8, 4) is 11.1 Å². The number of anilines is 1. The minimum absolute atomic E-state index is 0.0537. The van der Waals surface area contributed by atoms with Gasteiger partial charge in [-0.3, -0.25) is 4.79 Å². The van der Waals surface area contributed by atoms with Crippen LogP contribution >= 0.6 is 0 Å². The second kappa shape index (κ2) is 9.86. The monoisotopic (exact) mass is 425 g/mol. The Kier molecular flexibility index (Phi) is 6.99. The SMILES string of the molecule is CCNC(=O)NCC(CO)NC(=O)c1cnc(N)c2cc(-c3cccc(F)c3)ccc12. The third-order valence-electron chi connectivity index (χ3n) is 4.72. The molecule has 31 heavy (non-hydrogen) atoms. The van der Waals surface area contributed by atoms with E-state index in [1.165, 1.54) is 18.3 Å². The van der Waals surface area contributed by atoms with E-state index in [2.05, 4.69) is 20.9 Å². The number of nitrogen functional groups attached to an aromatic ring is 1. The average Bonchev–Trinajstić information content (AvgIpc) is 2.76. The summed E-state index contributed by atoms with van der Waals surface area (Å²) in [4.78, 5) is 28.5. The fourth-order valence-corrected chi connectivity index (χ4v) is 3.16. The Hall–Kier alpha value is -3.72. The van der Waals surface area contributed by atoms with Crippen molar-refractivity contribution in [2.24, 2.45) is 0 Å². The van der Waals surface area contributed by atoms with Crippen LogP contribution in [0.25, 0.3) is 21.9 Å². The van der Waals surface area contributed by atoms with Gasteiger partial charge in [0.1, 0.15) is 11.6 Å². The molecule has 6 N–H and O–H groups in total. The third kappa shape index (κ3) is 5.26. The quantitative estimate of drug-likeness (QED) is 0.396. The molecule has 2 aromatic carbocycles. The molecule has 0 fully saturated rings. The summed E-state index contributed by atoms with van der Waals surface area (Å²) in [6.07, 6.45) is 1.36. The smallest absolute Gasteiger partial charge is 0.314 e. The van der Waals surface area contributed by atoms with Crippen LogP contribution in [0.3, 0.4) is 0 Å². The molecule has 0 saturated heterocycles. The zero-order valence-electron chi connectivity index (χ0n) is 17.0. The Bertz CT molecular complexity index is 1110. The van der Waals surface area contributed by atoms with E-state index < -0.39 is 11.9 Å². The number of aliphatic hydroxyl groups is 1. The van der Waals surface area contributed by atoms with Crippen molar-refractivity contribution in [2.45, 2.75) is 13.0 Å². The highest BCUT2D eigenvalue weighted by atomic mass is 19.1. The van der Waals surface area contributed by atoms with Gasteiger partial charge in [-0.05, 0) is 41.6 Å². The third-order valence-corrected chi connectivity index (χ3v) is 4.72. The first-order valence-corrected chi connectivity index (χ1v) is 9.80. The summed E-state index contributed by atoms with van der Waals surface area (Å²) in [7, 11) is 0. The van der Waals surface area contributed by atoms with Crippen molar-refractivity contribution < 1.29 is 19.1 Å². The lowest BCUT2D eigenvalue weighted by Gasteiger charge is -2.18. The normalized spacial score (nSPS) is 11.7. The van der Waals surface area contributed by atoms with E-state index in [1.807, 2.05) is 0 Å². The molecule has 0 saturated carbocycles. The van der Waals surface area contributed by atoms with E-state index in [0.29, 0.717) is 22.9 Å². The molecule has 3 rings (SSSR count). The predicted molar refractivity (Wildman–Crippen MR) is 117 cm³/mol. The van der Waals surface area contributed by atoms with Gasteiger partial charge in [0.25, 0.3) is 5.91 Å². The second-order valence-electron chi connectivity index (χ2n) is 6.92. The molecule has 1 aromatic heterocycles. The van der Waals surface area contributed by atoms with Crippen molar-refractivity contribution in [3.05, 3.63) is 60.0 Å². The molecule has 3 amide bonds. The van der Waals surface area contributed by atoms with E-state index in [1.54, 1.807) is 37.3 Å². The lowest BCUT2D eigenvalue weighted by atomic mass is 9.99. The van der Waals surface area contributed by atoms with Crippen LogP contribution in [0.5, 0.6) is 0 Å². The molecule has 1 atom stereocenters. The number of carbonyl (C=O) groups excluding carboxylic acids is 2. The number of hydrogen-bond acceptors (Lipinski definition) is 5. The van der Waals surface area contributed by atoms with Gasteiger partial charge in [0.05, 0.1) is 18.2 Å². The highest BCUT2D eigenvalue weighted by Crippen LogP contribution is 2.29. The number of nitrogens with two attached hydrogens (primary N) is 1. The summed E-state index contributed by atoms with van der Waals surface area (Å²) in [5.41, 5.74) is 7.71. The first-order valence-electron chi connectivity index (χ1n) is 9.80. The summed E-state index contributed by atoms with van der Waals surface area (Å²) in [6, 6.07) is 10.3. The number of nitrogens with zero attached hydrogens (tertiary/aromatic N) is 1. The molecule has 0 radical (unpaired) electrons. The van der Waals surface area contributed by atoms with E-state index in [9.17, 15) is 19.1 Å². The van der Waals surface area contributed by atoms with Gasteiger partial charge in [0.2, 0.25) is 0 Å². The summed E-state index contributed by atoms with van der Waals surface area (Å²) in [5.74, 6) is -0.581. The van der Waals surface area contributed by atoms with Gasteiger partial charge >= 0.3 is 6.03 Å². The number of amides is 3. The van der Waals surface area contributed by atoms with Gasteiger partial charge in [-0.15, -0.1) is 0 Å². The first-order chi connectivity index (χ1) is 14.9. The Morgan fingerprint density at radius 1 is 1.13 bits per heavy atom. The van der Waals surface area contributed by atoms with Crippen LogP contribution in [0.15, 0.2) is 48.7 Å². The maximum atomic E-state index is 13.6. The van der Waals surface area contributed by atoms with Crippen molar-refractivity contribution in [2.75, 3.05) is 25.4 Å². The molecule has 162 valence electrons. The summed E-state index contributed by atoms with van der Waals surface area (Å²) < 4.78 is 13.6. The van der Waals surface area contributed by atoms with Crippen LogP contribution in [0.1, 0.15) is 17.3 Å². The molecule has 3 aromatic rings. The molecule has 1 heterocycles. The van der Waals surface area contributed by atoms with E-state index in [0.717, 1.165) is 5.56 Å². The zero-order chi connectivity index (χ0) is 22.4. The standard InChI is InChI=1S/C22H24FN5O3/c1-2-25-22(31)27-10-16(12-29)28-21(30)19-11-26-20(24)18-9-14(6-7-17(18)19)13-4-3-5-15(23)8-13/h3-9,11,16,29H,2,10,12H2,1H3,(H2,24,26)(H,28,30)(H2,25,27,31). The predicted octanol–water partition coefficient (Wildman–Crippen LogP) is 2.03. The van der Waals surface area contributed by atoms with Gasteiger partial charge in [-0.25, -0.2) is 14.2 Å².